The fraction of sp³-hybridized carbons (Fsp3) is 0.385. The molecule has 0 radical (unpaired) electrons. The van der Waals surface area contributed by atoms with E-state index in [0.717, 1.165) is 12.8 Å². The van der Waals surface area contributed by atoms with Gasteiger partial charge in [0.2, 0.25) is 5.91 Å². The van der Waals surface area contributed by atoms with Gasteiger partial charge in [-0.05, 0) is 25.0 Å². The van der Waals surface area contributed by atoms with Crippen molar-refractivity contribution < 1.29 is 13.9 Å². The lowest BCUT2D eigenvalue weighted by Gasteiger charge is -2.08. The van der Waals surface area contributed by atoms with Gasteiger partial charge in [0.1, 0.15) is 23.2 Å². The molecule has 0 bridgehead atoms. The highest BCUT2D eigenvalue weighted by Gasteiger charge is 2.22. The lowest BCUT2D eigenvalue weighted by atomic mass is 10.2. The van der Waals surface area contributed by atoms with Crippen LogP contribution in [0.15, 0.2) is 18.2 Å². The first-order chi connectivity index (χ1) is 8.70. The molecule has 0 unspecified atom stereocenters. The Morgan fingerprint density at radius 2 is 2.33 bits per heavy atom. The van der Waals surface area contributed by atoms with Crippen molar-refractivity contribution in [2.45, 2.75) is 25.3 Å². The molecule has 0 spiro atoms. The zero-order valence-corrected chi connectivity index (χ0v) is 9.78. The summed E-state index contributed by atoms with van der Waals surface area (Å²) in [6, 6.07) is 6.25. The summed E-state index contributed by atoms with van der Waals surface area (Å²) in [5.41, 5.74) is -0.125. The summed E-state index contributed by atoms with van der Waals surface area (Å²) in [5.74, 6) is -0.512. The Labute approximate surface area is 104 Å². The number of amides is 1. The normalized spacial score (nSPS) is 13.8. The topological polar surface area (TPSA) is 62.1 Å². The van der Waals surface area contributed by atoms with Gasteiger partial charge >= 0.3 is 0 Å². The molecule has 1 aliphatic rings. The molecule has 5 heteroatoms. The van der Waals surface area contributed by atoms with Gasteiger partial charge < -0.3 is 10.1 Å². The molecule has 1 amide bonds. The Morgan fingerprint density at radius 1 is 1.56 bits per heavy atom. The SMILES string of the molecule is N#Cc1c(F)cccc1OCCC(=O)NC1CC1. The molecule has 1 N–H and O–H groups in total. The molecule has 1 saturated carbocycles. The second-order valence-electron chi connectivity index (χ2n) is 4.17. The van der Waals surface area contributed by atoms with Crippen LogP contribution in [0.2, 0.25) is 0 Å². The van der Waals surface area contributed by atoms with Crippen molar-refractivity contribution in [3.05, 3.63) is 29.6 Å². The third-order valence-corrected chi connectivity index (χ3v) is 2.62. The maximum atomic E-state index is 13.2. The van der Waals surface area contributed by atoms with Gasteiger partial charge in [0.25, 0.3) is 0 Å². The molecule has 1 aromatic rings. The van der Waals surface area contributed by atoms with E-state index < -0.39 is 5.82 Å². The van der Waals surface area contributed by atoms with E-state index in [1.54, 1.807) is 6.07 Å². The fourth-order valence-electron chi connectivity index (χ4n) is 1.51. The van der Waals surface area contributed by atoms with Gasteiger partial charge in [-0.15, -0.1) is 0 Å². The van der Waals surface area contributed by atoms with Gasteiger partial charge in [-0.1, -0.05) is 6.07 Å². The van der Waals surface area contributed by atoms with Crippen molar-refractivity contribution in [2.24, 2.45) is 0 Å². The van der Waals surface area contributed by atoms with Crippen LogP contribution in [-0.2, 0) is 4.79 Å². The van der Waals surface area contributed by atoms with Gasteiger partial charge in [-0.2, -0.15) is 5.26 Å². The van der Waals surface area contributed by atoms with Crippen molar-refractivity contribution >= 4 is 5.91 Å². The molecule has 4 nitrogen and oxygen atoms in total. The summed E-state index contributed by atoms with van der Waals surface area (Å²) >= 11 is 0. The van der Waals surface area contributed by atoms with Crippen molar-refractivity contribution in [3.8, 4) is 11.8 Å². The molecule has 1 aromatic carbocycles. The average Bonchev–Trinajstić information content (AvgIpc) is 3.13. The third-order valence-electron chi connectivity index (χ3n) is 2.62. The number of nitrogens with one attached hydrogen (secondary N) is 1. The second-order valence-corrected chi connectivity index (χ2v) is 4.17. The van der Waals surface area contributed by atoms with E-state index in [1.807, 2.05) is 0 Å². The minimum absolute atomic E-state index is 0.0765. The first kappa shape index (κ1) is 12.4. The number of benzene rings is 1. The van der Waals surface area contributed by atoms with Crippen molar-refractivity contribution in [3.63, 3.8) is 0 Å². The largest absolute Gasteiger partial charge is 0.492 e. The highest BCUT2D eigenvalue weighted by atomic mass is 19.1. The molecule has 0 atom stereocenters. The van der Waals surface area contributed by atoms with Crippen LogP contribution in [0.25, 0.3) is 0 Å². The average molecular weight is 248 g/mol. The standard InChI is InChI=1S/C13H13FN2O2/c14-11-2-1-3-12(10(11)8-15)18-7-6-13(17)16-9-4-5-9/h1-3,9H,4-7H2,(H,16,17). The molecule has 1 aliphatic carbocycles. The highest BCUT2D eigenvalue weighted by Crippen LogP contribution is 2.21. The number of hydrogen-bond acceptors (Lipinski definition) is 3. The predicted molar refractivity (Wildman–Crippen MR) is 62.4 cm³/mol. The zero-order chi connectivity index (χ0) is 13.0. The van der Waals surface area contributed by atoms with Gasteiger partial charge in [-0.3, -0.25) is 4.79 Å². The molecular formula is C13H13FN2O2. The number of halogens is 1. The minimum atomic E-state index is -0.613. The molecule has 0 saturated heterocycles. The number of ether oxygens (including phenoxy) is 1. The Kier molecular flexibility index (Phi) is 3.78. The van der Waals surface area contributed by atoms with Crippen molar-refractivity contribution in [1.82, 2.24) is 5.32 Å². The van der Waals surface area contributed by atoms with Gasteiger partial charge in [-0.25, -0.2) is 4.39 Å². The van der Waals surface area contributed by atoms with Crippen LogP contribution in [0.3, 0.4) is 0 Å². The predicted octanol–water partition coefficient (Wildman–Crippen LogP) is 1.74. The number of carbonyl (C=O) groups excluding carboxylic acids is 1. The van der Waals surface area contributed by atoms with Gasteiger partial charge in [0.15, 0.2) is 0 Å². The van der Waals surface area contributed by atoms with E-state index in [2.05, 4.69) is 5.32 Å². The highest BCUT2D eigenvalue weighted by molar-refractivity contribution is 5.76. The van der Waals surface area contributed by atoms with Crippen molar-refractivity contribution in [2.75, 3.05) is 6.61 Å². The molecule has 2 rings (SSSR count). The number of carbonyl (C=O) groups is 1. The van der Waals surface area contributed by atoms with Crippen LogP contribution in [0.1, 0.15) is 24.8 Å². The maximum Gasteiger partial charge on any atom is 0.223 e. The second kappa shape index (κ2) is 5.50. The summed E-state index contributed by atoms with van der Waals surface area (Å²) in [6.45, 7) is 0.136. The maximum absolute atomic E-state index is 13.2. The Balaban J connectivity index is 1.84. The summed E-state index contributed by atoms with van der Waals surface area (Å²) in [7, 11) is 0. The lowest BCUT2D eigenvalue weighted by molar-refractivity contribution is -0.121. The van der Waals surface area contributed by atoms with E-state index in [9.17, 15) is 9.18 Å². The summed E-state index contributed by atoms with van der Waals surface area (Å²) < 4.78 is 18.5. The van der Waals surface area contributed by atoms with E-state index >= 15 is 0 Å². The van der Waals surface area contributed by atoms with E-state index in [1.165, 1.54) is 18.2 Å². The van der Waals surface area contributed by atoms with Gasteiger partial charge in [0, 0.05) is 6.04 Å². The molecule has 0 heterocycles. The van der Waals surface area contributed by atoms with Crippen LogP contribution in [0.5, 0.6) is 5.75 Å². The van der Waals surface area contributed by atoms with Crippen LogP contribution in [0.4, 0.5) is 4.39 Å². The third kappa shape index (κ3) is 3.20. The monoisotopic (exact) mass is 248 g/mol. The van der Waals surface area contributed by atoms with E-state index in [0.29, 0.717) is 6.04 Å². The molecular weight excluding hydrogens is 235 g/mol. The zero-order valence-electron chi connectivity index (χ0n) is 9.78. The van der Waals surface area contributed by atoms with E-state index in [4.69, 9.17) is 10.00 Å². The number of rotatable bonds is 5. The smallest absolute Gasteiger partial charge is 0.223 e. The van der Waals surface area contributed by atoms with Crippen molar-refractivity contribution in [1.29, 1.82) is 5.26 Å². The summed E-state index contributed by atoms with van der Waals surface area (Å²) in [6.07, 6.45) is 2.28. The first-order valence-electron chi connectivity index (χ1n) is 5.81. The number of nitrogens with zero attached hydrogens (tertiary/aromatic N) is 1. The Bertz CT molecular complexity index is 492. The Hall–Kier alpha value is -2.09. The first-order valence-corrected chi connectivity index (χ1v) is 5.81. The number of hydrogen-bond donors (Lipinski definition) is 1. The molecule has 0 aromatic heterocycles. The molecule has 18 heavy (non-hydrogen) atoms. The van der Waals surface area contributed by atoms with Crippen LogP contribution in [-0.4, -0.2) is 18.6 Å². The van der Waals surface area contributed by atoms with Crippen LogP contribution >= 0.6 is 0 Å². The minimum Gasteiger partial charge on any atom is -0.492 e. The van der Waals surface area contributed by atoms with Crippen LogP contribution < -0.4 is 10.1 Å². The van der Waals surface area contributed by atoms with Crippen LogP contribution in [0, 0.1) is 17.1 Å². The van der Waals surface area contributed by atoms with Gasteiger partial charge in [0.05, 0.1) is 13.0 Å². The Morgan fingerprint density at radius 3 is 3.00 bits per heavy atom. The molecule has 0 aliphatic heterocycles. The number of nitriles is 1. The van der Waals surface area contributed by atoms with E-state index in [-0.39, 0.29) is 30.2 Å². The summed E-state index contributed by atoms with van der Waals surface area (Å²) in [4.78, 5) is 11.4. The lowest BCUT2D eigenvalue weighted by Crippen LogP contribution is -2.26. The quantitative estimate of drug-likeness (QED) is 0.863. The summed E-state index contributed by atoms with van der Waals surface area (Å²) in [5, 5.41) is 11.6. The molecule has 1 fully saturated rings. The molecule has 94 valence electrons. The fourth-order valence-corrected chi connectivity index (χ4v) is 1.51.